The smallest absolute Gasteiger partial charge is 0.269 e. The lowest BCUT2D eigenvalue weighted by Gasteiger charge is -2.35. The number of hydrogen-bond donors (Lipinski definition) is 2. The van der Waals surface area contributed by atoms with Crippen LogP contribution in [0, 0.1) is 11.3 Å². The quantitative estimate of drug-likeness (QED) is 0.867. The average molecular weight is 351 g/mol. The zero-order valence-corrected chi connectivity index (χ0v) is 15.3. The van der Waals surface area contributed by atoms with Crippen LogP contribution in [0.4, 0.5) is 5.69 Å². The SMILES string of the molecule is CN(C)C(=O)c1ccc(CNC2CCCN(c3ccccc3C#N)C2)[nH]1. The van der Waals surface area contributed by atoms with Gasteiger partial charge in [0.2, 0.25) is 0 Å². The zero-order valence-electron chi connectivity index (χ0n) is 15.3. The largest absolute Gasteiger partial charge is 0.369 e. The van der Waals surface area contributed by atoms with Gasteiger partial charge < -0.3 is 20.1 Å². The van der Waals surface area contributed by atoms with Crippen molar-refractivity contribution in [2.45, 2.75) is 25.4 Å². The zero-order chi connectivity index (χ0) is 18.5. The van der Waals surface area contributed by atoms with Crippen molar-refractivity contribution >= 4 is 11.6 Å². The molecule has 26 heavy (non-hydrogen) atoms. The number of rotatable bonds is 5. The van der Waals surface area contributed by atoms with E-state index in [1.165, 1.54) is 0 Å². The van der Waals surface area contributed by atoms with Crippen LogP contribution >= 0.6 is 0 Å². The maximum Gasteiger partial charge on any atom is 0.269 e. The van der Waals surface area contributed by atoms with E-state index in [1.54, 1.807) is 19.0 Å². The van der Waals surface area contributed by atoms with Crippen LogP contribution in [0.1, 0.15) is 34.6 Å². The molecule has 6 heteroatoms. The summed E-state index contributed by atoms with van der Waals surface area (Å²) in [5.74, 6) is -0.0202. The Hall–Kier alpha value is -2.78. The number of hydrogen-bond acceptors (Lipinski definition) is 4. The third-order valence-electron chi connectivity index (χ3n) is 4.75. The maximum absolute atomic E-state index is 12.0. The highest BCUT2D eigenvalue weighted by atomic mass is 16.2. The number of nitrogens with one attached hydrogen (secondary N) is 2. The first-order chi connectivity index (χ1) is 12.6. The van der Waals surface area contributed by atoms with Gasteiger partial charge >= 0.3 is 0 Å². The minimum absolute atomic E-state index is 0.0202. The number of aromatic nitrogens is 1. The summed E-state index contributed by atoms with van der Waals surface area (Å²) in [6.45, 7) is 2.54. The minimum atomic E-state index is -0.0202. The third kappa shape index (κ3) is 4.06. The number of piperidine rings is 1. The topological polar surface area (TPSA) is 75.2 Å². The number of nitriles is 1. The summed E-state index contributed by atoms with van der Waals surface area (Å²) >= 11 is 0. The molecule has 0 saturated carbocycles. The maximum atomic E-state index is 12.0. The van der Waals surface area contributed by atoms with Crippen molar-refractivity contribution in [1.29, 1.82) is 5.26 Å². The minimum Gasteiger partial charge on any atom is -0.369 e. The van der Waals surface area contributed by atoms with Crippen molar-refractivity contribution in [3.8, 4) is 6.07 Å². The predicted octanol–water partition coefficient (Wildman–Crippen LogP) is 2.35. The summed E-state index contributed by atoms with van der Waals surface area (Å²) in [7, 11) is 3.49. The van der Waals surface area contributed by atoms with E-state index in [0.717, 1.165) is 42.9 Å². The highest BCUT2D eigenvalue weighted by molar-refractivity contribution is 5.92. The van der Waals surface area contributed by atoms with Gasteiger partial charge in [-0.2, -0.15) is 5.26 Å². The fourth-order valence-corrected chi connectivity index (χ4v) is 3.37. The Labute approximate surface area is 154 Å². The summed E-state index contributed by atoms with van der Waals surface area (Å²) in [4.78, 5) is 19.0. The van der Waals surface area contributed by atoms with Crippen LogP contribution in [0.25, 0.3) is 0 Å². The molecule has 6 nitrogen and oxygen atoms in total. The van der Waals surface area contributed by atoms with E-state index in [4.69, 9.17) is 0 Å². The molecule has 1 unspecified atom stereocenters. The Kier molecular flexibility index (Phi) is 5.59. The molecule has 0 spiro atoms. The molecule has 3 rings (SSSR count). The third-order valence-corrected chi connectivity index (χ3v) is 4.75. The Balaban J connectivity index is 1.59. The van der Waals surface area contributed by atoms with Crippen LogP contribution in [0.15, 0.2) is 36.4 Å². The summed E-state index contributed by atoms with van der Waals surface area (Å²) in [6, 6.07) is 14.2. The second-order valence-corrected chi connectivity index (χ2v) is 6.89. The lowest BCUT2D eigenvalue weighted by Crippen LogP contribution is -2.45. The molecule has 2 N–H and O–H groups in total. The summed E-state index contributed by atoms with van der Waals surface area (Å²) in [5, 5.41) is 12.9. The van der Waals surface area contributed by atoms with Gasteiger partial charge in [-0.3, -0.25) is 4.79 Å². The Morgan fingerprint density at radius 1 is 1.35 bits per heavy atom. The van der Waals surface area contributed by atoms with Crippen LogP contribution in [-0.2, 0) is 6.54 Å². The normalized spacial score (nSPS) is 17.0. The second kappa shape index (κ2) is 8.07. The van der Waals surface area contributed by atoms with E-state index < -0.39 is 0 Å². The summed E-state index contributed by atoms with van der Waals surface area (Å²) in [5.41, 5.74) is 3.36. The Bertz CT molecular complexity index is 805. The van der Waals surface area contributed by atoms with Crippen molar-refractivity contribution in [2.24, 2.45) is 0 Å². The van der Waals surface area contributed by atoms with Gasteiger partial charge in [0.05, 0.1) is 11.3 Å². The molecule has 1 aliphatic rings. The molecule has 0 bridgehead atoms. The number of carbonyl (C=O) groups is 1. The molecule has 0 radical (unpaired) electrons. The highest BCUT2D eigenvalue weighted by Gasteiger charge is 2.21. The van der Waals surface area contributed by atoms with Crippen molar-refractivity contribution in [3.63, 3.8) is 0 Å². The van der Waals surface area contributed by atoms with Gasteiger partial charge in [0.15, 0.2) is 0 Å². The van der Waals surface area contributed by atoms with Gasteiger partial charge in [-0.15, -0.1) is 0 Å². The van der Waals surface area contributed by atoms with Crippen molar-refractivity contribution < 1.29 is 4.79 Å². The Morgan fingerprint density at radius 3 is 2.92 bits per heavy atom. The molecule has 1 amide bonds. The molecule has 1 aliphatic heterocycles. The number of aromatic amines is 1. The fraction of sp³-hybridized carbons (Fsp3) is 0.400. The second-order valence-electron chi connectivity index (χ2n) is 6.89. The number of para-hydroxylation sites is 1. The van der Waals surface area contributed by atoms with Crippen molar-refractivity contribution in [2.75, 3.05) is 32.1 Å². The first-order valence-corrected chi connectivity index (χ1v) is 8.95. The summed E-state index contributed by atoms with van der Waals surface area (Å²) in [6.07, 6.45) is 2.20. The molecule has 1 atom stereocenters. The molecule has 2 aromatic rings. The molecule has 136 valence electrons. The number of nitrogens with zero attached hydrogens (tertiary/aromatic N) is 3. The molecule has 0 aliphatic carbocycles. The van der Waals surface area contributed by atoms with Crippen molar-refractivity contribution in [3.05, 3.63) is 53.3 Å². The monoisotopic (exact) mass is 351 g/mol. The van der Waals surface area contributed by atoms with Gasteiger partial charge in [0, 0.05) is 45.5 Å². The van der Waals surface area contributed by atoms with E-state index in [2.05, 4.69) is 21.3 Å². The van der Waals surface area contributed by atoms with Crippen LogP contribution in [-0.4, -0.2) is 49.0 Å². The summed E-state index contributed by atoms with van der Waals surface area (Å²) < 4.78 is 0. The van der Waals surface area contributed by atoms with Gasteiger partial charge in [-0.05, 0) is 37.1 Å². The van der Waals surface area contributed by atoms with E-state index in [0.29, 0.717) is 18.3 Å². The molecule has 2 heterocycles. The molecule has 1 aromatic carbocycles. The van der Waals surface area contributed by atoms with E-state index in [1.807, 2.05) is 36.4 Å². The first kappa shape index (κ1) is 18.0. The van der Waals surface area contributed by atoms with Crippen LogP contribution in [0.2, 0.25) is 0 Å². The lowest BCUT2D eigenvalue weighted by atomic mass is 10.0. The van der Waals surface area contributed by atoms with E-state index >= 15 is 0 Å². The molecular weight excluding hydrogens is 326 g/mol. The molecule has 1 aromatic heterocycles. The number of carbonyl (C=O) groups excluding carboxylic acids is 1. The average Bonchev–Trinajstić information content (AvgIpc) is 3.14. The molecule has 1 saturated heterocycles. The number of H-pyrrole nitrogens is 1. The predicted molar refractivity (Wildman–Crippen MR) is 102 cm³/mol. The van der Waals surface area contributed by atoms with Gasteiger partial charge in [0.25, 0.3) is 5.91 Å². The Morgan fingerprint density at radius 2 is 2.15 bits per heavy atom. The number of amides is 1. The first-order valence-electron chi connectivity index (χ1n) is 8.95. The molecule has 1 fully saturated rings. The molecular formula is C20H25N5O. The van der Waals surface area contributed by atoms with E-state index in [9.17, 15) is 10.1 Å². The van der Waals surface area contributed by atoms with Gasteiger partial charge in [-0.1, -0.05) is 12.1 Å². The van der Waals surface area contributed by atoms with Gasteiger partial charge in [-0.25, -0.2) is 0 Å². The number of anilines is 1. The standard InChI is InChI=1S/C20H25N5O/c1-24(2)20(26)18-10-9-16(23-18)13-22-17-7-5-11-25(14-17)19-8-4-3-6-15(19)12-21/h3-4,6,8-10,17,22-23H,5,7,11,13-14H2,1-2H3. The van der Waals surface area contributed by atoms with E-state index in [-0.39, 0.29) is 5.91 Å². The highest BCUT2D eigenvalue weighted by Crippen LogP contribution is 2.23. The van der Waals surface area contributed by atoms with Gasteiger partial charge in [0.1, 0.15) is 11.8 Å². The van der Waals surface area contributed by atoms with Crippen molar-refractivity contribution in [1.82, 2.24) is 15.2 Å². The fourth-order valence-electron chi connectivity index (χ4n) is 3.37. The van der Waals surface area contributed by atoms with Crippen LogP contribution in [0.5, 0.6) is 0 Å². The van der Waals surface area contributed by atoms with Crippen LogP contribution < -0.4 is 10.2 Å². The number of benzene rings is 1. The van der Waals surface area contributed by atoms with Crippen LogP contribution in [0.3, 0.4) is 0 Å². The lowest BCUT2D eigenvalue weighted by molar-refractivity contribution is 0.0822.